The van der Waals surface area contributed by atoms with Gasteiger partial charge < -0.3 is 4.55 Å². The van der Waals surface area contributed by atoms with Gasteiger partial charge in [0.05, 0.1) is 5.88 Å². The molecule has 0 amide bonds. The normalized spacial score (nSPS) is 18.1. The van der Waals surface area contributed by atoms with Crippen molar-refractivity contribution in [3.63, 3.8) is 0 Å². The van der Waals surface area contributed by atoms with E-state index >= 15 is 0 Å². The van der Waals surface area contributed by atoms with Crippen molar-refractivity contribution in [3.8, 4) is 0 Å². The molecule has 0 bridgehead atoms. The quantitative estimate of drug-likeness (QED) is 0.390. The van der Waals surface area contributed by atoms with Crippen molar-refractivity contribution in [1.82, 2.24) is 0 Å². The molecule has 0 aliphatic heterocycles. The smallest absolute Gasteiger partial charge is 0.139 e. The van der Waals surface area contributed by atoms with E-state index in [0.29, 0.717) is 0 Å². The average molecular weight is 144 g/mol. The molecule has 0 aliphatic carbocycles. The van der Waals surface area contributed by atoms with Crippen molar-refractivity contribution in [2.45, 2.75) is 0 Å². The van der Waals surface area contributed by atoms with Gasteiger partial charge in [0.15, 0.2) is 0 Å². The highest BCUT2D eigenvalue weighted by atomic mass is 35.5. The van der Waals surface area contributed by atoms with Crippen LogP contribution in [0, 0.1) is 0 Å². The number of nitrogens with two attached hydrogens (primary N) is 1. The molecule has 7 heavy (non-hydrogen) atoms. The van der Waals surface area contributed by atoms with Gasteiger partial charge in [0.25, 0.3) is 0 Å². The lowest BCUT2D eigenvalue weighted by atomic mass is 11.0. The molecule has 0 radical (unpaired) electrons. The van der Waals surface area contributed by atoms with E-state index in [9.17, 15) is 4.21 Å². The van der Waals surface area contributed by atoms with Crippen LogP contribution in [0.5, 0.6) is 0 Å². The van der Waals surface area contributed by atoms with Gasteiger partial charge in [0.1, 0.15) is 9.99 Å². The lowest BCUT2D eigenvalue weighted by Gasteiger charge is -1.86. The fraction of sp³-hybridized carbons (Fsp3) is 0.500. The van der Waals surface area contributed by atoms with E-state index in [-0.39, 0.29) is 5.88 Å². The van der Waals surface area contributed by atoms with Crippen LogP contribution in [0.2, 0.25) is 0 Å². The topological polar surface area (TPSA) is 63.3 Å². The highest BCUT2D eigenvalue weighted by Gasteiger charge is 1.83. The van der Waals surface area contributed by atoms with Gasteiger partial charge >= 0.3 is 0 Å². The molecule has 0 aromatic heterocycles. The van der Waals surface area contributed by atoms with Crippen molar-refractivity contribution < 1.29 is 8.76 Å². The highest BCUT2D eigenvalue weighted by molar-refractivity contribution is 7.94. The largest absolute Gasteiger partial charge is 0.303 e. The molecule has 3 nitrogen and oxygen atoms in total. The van der Waals surface area contributed by atoms with Crippen LogP contribution in [-0.4, -0.2) is 20.0 Å². The first-order chi connectivity index (χ1) is 3.06. The molecule has 0 aromatic rings. The summed E-state index contributed by atoms with van der Waals surface area (Å²) in [5, 5.41) is 5.53. The summed E-state index contributed by atoms with van der Waals surface area (Å²) in [6.45, 7) is 0. The van der Waals surface area contributed by atoms with E-state index in [0.717, 1.165) is 5.37 Å². The summed E-state index contributed by atoms with van der Waals surface area (Å²) in [7, 11) is -3.18. The summed E-state index contributed by atoms with van der Waals surface area (Å²) in [4.78, 5) is 0. The first kappa shape index (κ1) is 7.23. The summed E-state index contributed by atoms with van der Waals surface area (Å²) in [5.41, 5.74) is 0. The summed E-state index contributed by atoms with van der Waals surface area (Å²) in [5.74, 6) is 0.00579. The molecular weight excluding hydrogens is 138 g/mol. The third-order valence-electron chi connectivity index (χ3n) is 0.302. The molecule has 0 fully saturated rings. The zero-order valence-electron chi connectivity index (χ0n) is 3.50. The molecule has 44 valence electrons. The molecule has 0 rings (SSSR count). The van der Waals surface area contributed by atoms with Crippen molar-refractivity contribution in [3.05, 3.63) is 0 Å². The van der Waals surface area contributed by atoms with E-state index in [1.165, 1.54) is 0 Å². The minimum Gasteiger partial charge on any atom is -0.303 e. The Morgan fingerprint density at radius 2 is 2.43 bits per heavy atom. The third kappa shape index (κ3) is 6.23. The van der Waals surface area contributed by atoms with Gasteiger partial charge in [-0.15, -0.1) is 11.6 Å². The van der Waals surface area contributed by atoms with E-state index in [2.05, 4.69) is 5.14 Å². The molecule has 0 aliphatic rings. The van der Waals surface area contributed by atoms with Gasteiger partial charge in [-0.25, -0.2) is 9.35 Å². The molecule has 0 spiro atoms. The standard InChI is InChI=1S/C2H6ClNO2S/c3-1-2-7(4,5)6/h2H,1H2,(H3,4,5,6). The molecule has 0 saturated carbocycles. The van der Waals surface area contributed by atoms with Crippen LogP contribution in [0.15, 0.2) is 0 Å². The van der Waals surface area contributed by atoms with Gasteiger partial charge in [0.2, 0.25) is 0 Å². The van der Waals surface area contributed by atoms with Gasteiger partial charge in [-0.2, -0.15) is 0 Å². The fourth-order valence-electron chi connectivity index (χ4n) is 0.0903. The Balaban J connectivity index is 4.02. The molecule has 0 heterocycles. The lowest BCUT2D eigenvalue weighted by molar-refractivity contribution is 0.561. The number of alkyl halides is 1. The maximum absolute atomic E-state index is 9.98. The molecular formula is C2H6ClNO2S. The second kappa shape index (κ2) is 2.52. The van der Waals surface area contributed by atoms with Crippen LogP contribution in [-0.2, 0) is 9.99 Å². The van der Waals surface area contributed by atoms with Crippen LogP contribution in [0.4, 0.5) is 0 Å². The molecule has 3 N–H and O–H groups in total. The van der Waals surface area contributed by atoms with Crippen molar-refractivity contribution in [1.29, 1.82) is 0 Å². The summed E-state index contributed by atoms with van der Waals surface area (Å²) in [6, 6.07) is 0. The van der Waals surface area contributed by atoms with Crippen LogP contribution >= 0.6 is 11.6 Å². The number of rotatable bonds is 1. The Labute approximate surface area is 47.4 Å². The lowest BCUT2D eigenvalue weighted by Crippen LogP contribution is -2.13. The van der Waals surface area contributed by atoms with Crippen molar-refractivity contribution >= 4 is 27.0 Å². The van der Waals surface area contributed by atoms with Crippen molar-refractivity contribution in [2.75, 3.05) is 5.88 Å². The first-order valence-corrected chi connectivity index (χ1v) is 3.67. The average Bonchev–Trinajstić information content (AvgIpc) is 1.30. The predicted octanol–water partition coefficient (Wildman–Crippen LogP) is -0.341. The molecule has 1 unspecified atom stereocenters. The Morgan fingerprint density at radius 1 is 2.00 bits per heavy atom. The monoisotopic (exact) mass is 143 g/mol. The number of hydrogen-bond donors (Lipinski definition) is 2. The van der Waals surface area contributed by atoms with E-state index < -0.39 is 9.99 Å². The molecule has 5 heteroatoms. The number of halogens is 1. The zero-order chi connectivity index (χ0) is 5.91. The Morgan fingerprint density at radius 3 is 2.43 bits per heavy atom. The maximum atomic E-state index is 9.98. The van der Waals surface area contributed by atoms with Gasteiger partial charge in [-0.05, 0) is 0 Å². The fourth-order valence-corrected chi connectivity index (χ4v) is 0.812. The highest BCUT2D eigenvalue weighted by Crippen LogP contribution is 1.70. The Kier molecular flexibility index (Phi) is 2.60. The Hall–Kier alpha value is 0.230. The van der Waals surface area contributed by atoms with Crippen molar-refractivity contribution in [2.24, 2.45) is 5.14 Å². The van der Waals surface area contributed by atoms with E-state index in [4.69, 9.17) is 16.2 Å². The third-order valence-corrected chi connectivity index (χ3v) is 1.28. The van der Waals surface area contributed by atoms with Crippen LogP contribution in [0.25, 0.3) is 0 Å². The minimum absolute atomic E-state index is 0.00579. The summed E-state index contributed by atoms with van der Waals surface area (Å²) < 4.78 is 18.2. The zero-order valence-corrected chi connectivity index (χ0v) is 5.08. The van der Waals surface area contributed by atoms with Gasteiger partial charge in [0, 0.05) is 5.37 Å². The first-order valence-electron chi connectivity index (χ1n) is 1.50. The summed E-state index contributed by atoms with van der Waals surface area (Å²) >= 11 is 5.01. The van der Waals surface area contributed by atoms with Crippen LogP contribution in [0.1, 0.15) is 0 Å². The van der Waals surface area contributed by atoms with Gasteiger partial charge in [-0.1, -0.05) is 0 Å². The minimum atomic E-state index is -3.18. The number of hydrogen-bond acceptors (Lipinski definition) is 1. The second-order valence-electron chi connectivity index (χ2n) is 0.935. The van der Waals surface area contributed by atoms with Gasteiger partial charge in [-0.3, -0.25) is 0 Å². The summed E-state index contributed by atoms with van der Waals surface area (Å²) in [6.07, 6.45) is 0. The van der Waals surface area contributed by atoms with E-state index in [1.54, 1.807) is 0 Å². The molecule has 0 saturated heterocycles. The van der Waals surface area contributed by atoms with Crippen LogP contribution in [0.3, 0.4) is 0 Å². The molecule has 0 aromatic carbocycles. The molecule has 1 atom stereocenters. The van der Waals surface area contributed by atoms with Crippen LogP contribution < -0.4 is 5.14 Å². The second-order valence-corrected chi connectivity index (χ2v) is 2.80. The Bertz CT molecular complexity index is 140. The van der Waals surface area contributed by atoms with E-state index in [1.807, 2.05) is 0 Å². The maximum Gasteiger partial charge on any atom is 0.139 e. The predicted molar refractivity (Wildman–Crippen MR) is 31.7 cm³/mol. The SMILES string of the molecule is NS(=O)(O)=CCCl.